The molecular weight excluding hydrogens is 480 g/mol. The molecule has 2 amide bonds. The first-order valence-electron chi connectivity index (χ1n) is 12.3. The molecule has 3 atom stereocenters. The lowest BCUT2D eigenvalue weighted by Crippen LogP contribution is -2.57. The van der Waals surface area contributed by atoms with Gasteiger partial charge in [-0.2, -0.15) is 0 Å². The molecule has 1 aliphatic carbocycles. The molecule has 5 rings (SSSR count). The zero-order chi connectivity index (χ0) is 26.5. The van der Waals surface area contributed by atoms with Gasteiger partial charge in [-0.3, -0.25) is 4.90 Å². The number of anilines is 1. The van der Waals surface area contributed by atoms with Gasteiger partial charge in [0.15, 0.2) is 5.70 Å². The molecule has 1 aromatic carbocycles. The van der Waals surface area contributed by atoms with Crippen LogP contribution in [0.25, 0.3) is 0 Å². The fraction of sp³-hybridized carbons (Fsp3) is 0.500. The molecule has 0 unspecified atom stereocenters. The highest BCUT2D eigenvalue weighted by molar-refractivity contribution is 6.17. The average molecular weight is 511 g/mol. The first kappa shape index (κ1) is 24.8. The number of amidine groups is 1. The normalized spacial score (nSPS) is 26.2. The molecule has 2 fully saturated rings. The second-order valence-corrected chi connectivity index (χ2v) is 9.73. The van der Waals surface area contributed by atoms with Crippen molar-refractivity contribution in [2.24, 2.45) is 4.99 Å². The third kappa shape index (κ3) is 3.51. The SMILES string of the molecule is COC(=O)C1=C(C(=O)OC)[C@@H]2N(C)c3ccccc3[C@@]23C[C@@H](C(=O)OC)N(C(=O)NC2CCCC2)C3=N1. The molecule has 37 heavy (non-hydrogen) atoms. The summed E-state index contributed by atoms with van der Waals surface area (Å²) in [5.41, 5.74) is 0.233. The molecule has 0 radical (unpaired) electrons. The molecule has 1 N–H and O–H groups in total. The highest BCUT2D eigenvalue weighted by atomic mass is 16.5. The fourth-order valence-electron chi connectivity index (χ4n) is 6.43. The molecule has 3 heterocycles. The molecule has 11 nitrogen and oxygen atoms in total. The molecule has 11 heteroatoms. The van der Waals surface area contributed by atoms with E-state index in [1.54, 1.807) is 7.05 Å². The molecule has 0 aromatic heterocycles. The maximum absolute atomic E-state index is 13.8. The number of fused-ring (bicyclic) bond motifs is 1. The van der Waals surface area contributed by atoms with E-state index < -0.39 is 41.4 Å². The average Bonchev–Trinajstić information content (AvgIpc) is 3.61. The third-order valence-corrected chi connectivity index (χ3v) is 7.98. The summed E-state index contributed by atoms with van der Waals surface area (Å²) in [6.45, 7) is 0. The van der Waals surface area contributed by atoms with Crippen LogP contribution in [0.1, 0.15) is 37.7 Å². The number of carbonyl (C=O) groups is 4. The number of hydrogen-bond acceptors (Lipinski definition) is 9. The van der Waals surface area contributed by atoms with Crippen molar-refractivity contribution in [1.29, 1.82) is 0 Å². The van der Waals surface area contributed by atoms with Crippen molar-refractivity contribution in [3.8, 4) is 0 Å². The topological polar surface area (TPSA) is 127 Å². The second-order valence-electron chi connectivity index (χ2n) is 9.73. The Balaban J connectivity index is 1.77. The Bertz CT molecular complexity index is 1240. The Hall–Kier alpha value is -3.89. The summed E-state index contributed by atoms with van der Waals surface area (Å²) in [7, 11) is 5.48. The summed E-state index contributed by atoms with van der Waals surface area (Å²) in [6.07, 6.45) is 3.81. The van der Waals surface area contributed by atoms with Crippen LogP contribution in [-0.2, 0) is 34.0 Å². The smallest absolute Gasteiger partial charge is 0.357 e. The Morgan fingerprint density at radius 3 is 2.32 bits per heavy atom. The number of likely N-dealkylation sites (tertiary alicyclic amines) is 1. The standard InChI is InChI=1S/C26H30N4O7/c1-29-16-12-8-7-11-15(16)26-13-17(21(31)35-2)30(25(34)27-14-9-5-6-10-14)24(26)28-19(23(33)37-4)18(20(26)29)22(32)36-3/h7-8,11-12,14,17,20H,5-6,9-10,13H2,1-4H3,(H,27,34)/t17-,20-,26-/m0/s1. The number of nitrogens with one attached hydrogen (secondary N) is 1. The zero-order valence-electron chi connectivity index (χ0n) is 21.3. The van der Waals surface area contributed by atoms with Gasteiger partial charge < -0.3 is 24.4 Å². The van der Waals surface area contributed by atoms with Gasteiger partial charge in [0.25, 0.3) is 0 Å². The zero-order valence-corrected chi connectivity index (χ0v) is 21.3. The molecule has 1 aromatic rings. The molecule has 196 valence electrons. The summed E-state index contributed by atoms with van der Waals surface area (Å²) in [4.78, 5) is 60.8. The maximum Gasteiger partial charge on any atom is 0.357 e. The first-order chi connectivity index (χ1) is 17.8. The Morgan fingerprint density at radius 2 is 1.68 bits per heavy atom. The number of carbonyl (C=O) groups excluding carboxylic acids is 4. The van der Waals surface area contributed by atoms with Crippen LogP contribution in [0.3, 0.4) is 0 Å². The molecule has 4 aliphatic rings. The highest BCUT2D eigenvalue weighted by Gasteiger charge is 2.67. The van der Waals surface area contributed by atoms with Crippen LogP contribution in [0.2, 0.25) is 0 Å². The molecule has 0 bridgehead atoms. The molecule has 1 spiro atoms. The minimum Gasteiger partial charge on any atom is -0.467 e. The van der Waals surface area contributed by atoms with Crippen molar-refractivity contribution in [3.05, 3.63) is 41.1 Å². The number of rotatable bonds is 4. The van der Waals surface area contributed by atoms with Crippen molar-refractivity contribution in [1.82, 2.24) is 10.2 Å². The summed E-state index contributed by atoms with van der Waals surface area (Å²) in [6, 6.07) is 5.18. The van der Waals surface area contributed by atoms with E-state index in [0.717, 1.165) is 36.9 Å². The van der Waals surface area contributed by atoms with Crippen LogP contribution >= 0.6 is 0 Å². The van der Waals surface area contributed by atoms with Gasteiger partial charge in [-0.05, 0) is 30.9 Å². The van der Waals surface area contributed by atoms with Gasteiger partial charge in [0, 0.05) is 18.8 Å². The predicted octanol–water partition coefficient (Wildman–Crippen LogP) is 1.65. The number of benzene rings is 1. The van der Waals surface area contributed by atoms with E-state index in [1.807, 2.05) is 29.2 Å². The number of urea groups is 1. The van der Waals surface area contributed by atoms with Crippen LogP contribution < -0.4 is 10.2 Å². The Kier molecular flexibility index (Phi) is 6.17. The highest BCUT2D eigenvalue weighted by Crippen LogP contribution is 2.57. The van der Waals surface area contributed by atoms with E-state index >= 15 is 0 Å². The number of para-hydroxylation sites is 1. The van der Waals surface area contributed by atoms with E-state index in [-0.39, 0.29) is 29.6 Å². The minimum absolute atomic E-state index is 0.0125. The van der Waals surface area contributed by atoms with Gasteiger partial charge in [0.05, 0.1) is 38.4 Å². The monoisotopic (exact) mass is 510 g/mol. The van der Waals surface area contributed by atoms with Crippen LogP contribution in [-0.4, -0.2) is 81.2 Å². The molecule has 3 aliphatic heterocycles. The number of aliphatic imine (C=N–C) groups is 1. The number of methoxy groups -OCH3 is 3. The van der Waals surface area contributed by atoms with E-state index in [2.05, 4.69) is 10.3 Å². The van der Waals surface area contributed by atoms with Gasteiger partial charge in [-0.15, -0.1) is 0 Å². The van der Waals surface area contributed by atoms with Crippen molar-refractivity contribution in [2.45, 2.75) is 55.6 Å². The number of esters is 3. The number of nitrogens with zero attached hydrogens (tertiary/aromatic N) is 3. The van der Waals surface area contributed by atoms with E-state index in [4.69, 9.17) is 14.2 Å². The summed E-state index contributed by atoms with van der Waals surface area (Å²) in [5, 5.41) is 3.04. The van der Waals surface area contributed by atoms with Gasteiger partial charge in [-0.1, -0.05) is 31.0 Å². The lowest BCUT2D eigenvalue weighted by atomic mass is 9.69. The van der Waals surface area contributed by atoms with Crippen LogP contribution in [0, 0.1) is 0 Å². The van der Waals surface area contributed by atoms with Crippen molar-refractivity contribution >= 4 is 35.5 Å². The molecular formula is C26H30N4O7. The Morgan fingerprint density at radius 1 is 1.00 bits per heavy atom. The maximum atomic E-state index is 13.8. The Labute approximate surface area is 214 Å². The minimum atomic E-state index is -1.10. The number of likely N-dealkylation sites (N-methyl/N-ethyl adjacent to an activating group) is 1. The fourth-order valence-corrected chi connectivity index (χ4v) is 6.43. The van der Waals surface area contributed by atoms with Crippen LogP contribution in [0.4, 0.5) is 10.5 Å². The third-order valence-electron chi connectivity index (χ3n) is 7.98. The van der Waals surface area contributed by atoms with E-state index in [1.165, 1.54) is 26.2 Å². The first-order valence-corrected chi connectivity index (χ1v) is 12.3. The van der Waals surface area contributed by atoms with E-state index in [0.29, 0.717) is 0 Å². The number of ether oxygens (including phenoxy) is 3. The summed E-state index contributed by atoms with van der Waals surface area (Å²) in [5.74, 6) is -1.99. The van der Waals surface area contributed by atoms with Gasteiger partial charge >= 0.3 is 23.9 Å². The van der Waals surface area contributed by atoms with Crippen molar-refractivity contribution in [3.63, 3.8) is 0 Å². The molecule has 1 saturated carbocycles. The van der Waals surface area contributed by atoms with Crippen LogP contribution in [0.15, 0.2) is 40.5 Å². The molecule has 1 saturated heterocycles. The summed E-state index contributed by atoms with van der Waals surface area (Å²) >= 11 is 0. The quantitative estimate of drug-likeness (QED) is 0.479. The van der Waals surface area contributed by atoms with Crippen molar-refractivity contribution < 1.29 is 33.4 Å². The van der Waals surface area contributed by atoms with Gasteiger partial charge in [-0.25, -0.2) is 24.2 Å². The second kappa shape index (κ2) is 9.20. The lowest BCUT2D eigenvalue weighted by molar-refractivity contribution is -0.144. The lowest BCUT2D eigenvalue weighted by Gasteiger charge is -2.39. The summed E-state index contributed by atoms with van der Waals surface area (Å²) < 4.78 is 15.2. The van der Waals surface area contributed by atoms with Crippen LogP contribution in [0.5, 0.6) is 0 Å². The predicted molar refractivity (Wildman–Crippen MR) is 132 cm³/mol. The number of amides is 2. The van der Waals surface area contributed by atoms with Crippen molar-refractivity contribution in [2.75, 3.05) is 33.3 Å². The van der Waals surface area contributed by atoms with Gasteiger partial charge in [0.2, 0.25) is 0 Å². The van der Waals surface area contributed by atoms with E-state index in [9.17, 15) is 19.2 Å². The number of hydrogen-bond donors (Lipinski definition) is 1. The largest absolute Gasteiger partial charge is 0.467 e. The van der Waals surface area contributed by atoms with Gasteiger partial charge in [0.1, 0.15) is 11.9 Å².